The largest absolute Gasteiger partial charge is 0.321 e. The first-order valence-corrected chi connectivity index (χ1v) is 13.5. The molecule has 37 heavy (non-hydrogen) atoms. The zero-order chi connectivity index (χ0) is 25.0. The van der Waals surface area contributed by atoms with Crippen LogP contribution in [0.15, 0.2) is 60.9 Å². The summed E-state index contributed by atoms with van der Waals surface area (Å²) in [6, 6.07) is 16.4. The number of amides is 1. The quantitative estimate of drug-likeness (QED) is 0.357. The normalized spacial score (nSPS) is 16.9. The number of fused-ring (bicyclic) bond motifs is 1. The number of carbonyl (C=O) groups excluding carboxylic acids is 1. The number of H-pyrrole nitrogens is 1. The lowest BCUT2D eigenvalue weighted by molar-refractivity contribution is 0.102. The maximum Gasteiger partial charge on any atom is 0.276 e. The van der Waals surface area contributed by atoms with Crippen molar-refractivity contribution in [3.8, 4) is 11.1 Å². The number of nitrogens with zero attached hydrogens (tertiary/aromatic N) is 4. The summed E-state index contributed by atoms with van der Waals surface area (Å²) in [6.07, 6.45) is 10.3. The Morgan fingerprint density at radius 2 is 1.57 bits per heavy atom. The van der Waals surface area contributed by atoms with E-state index in [9.17, 15) is 4.79 Å². The van der Waals surface area contributed by atoms with E-state index >= 15 is 0 Å². The standard InChI is InChI=1S/C30H34N6O/c37-30(32-26-8-6-7-22(16-26)20-35-11-2-1-3-12-35)29-27-17-24(9-10-28(27)33-34-29)25-15-23(18-31-19-25)21-36-13-4-5-14-36/h6-10,15-19H,1-5,11-14,20-21H2,(H,32,37)(H,33,34). The van der Waals surface area contributed by atoms with E-state index in [1.807, 2.05) is 36.7 Å². The highest BCUT2D eigenvalue weighted by atomic mass is 16.1. The Morgan fingerprint density at radius 1 is 0.811 bits per heavy atom. The molecular weight excluding hydrogens is 460 g/mol. The number of anilines is 1. The van der Waals surface area contributed by atoms with Crippen molar-refractivity contribution in [1.29, 1.82) is 0 Å². The Bertz CT molecular complexity index is 1380. The SMILES string of the molecule is O=C(Nc1cccc(CN2CCCCC2)c1)c1n[nH]c2ccc(-c3cncc(CN4CCCC4)c3)cc12. The number of hydrogen-bond acceptors (Lipinski definition) is 5. The fraction of sp³-hybridized carbons (Fsp3) is 0.367. The van der Waals surface area contributed by atoms with Gasteiger partial charge in [-0.15, -0.1) is 0 Å². The lowest BCUT2D eigenvalue weighted by Gasteiger charge is -2.26. The van der Waals surface area contributed by atoms with Crippen molar-refractivity contribution in [1.82, 2.24) is 25.0 Å². The molecule has 0 saturated carbocycles. The maximum absolute atomic E-state index is 13.3. The smallest absolute Gasteiger partial charge is 0.276 e. The fourth-order valence-corrected chi connectivity index (χ4v) is 5.61. The van der Waals surface area contributed by atoms with E-state index in [-0.39, 0.29) is 5.91 Å². The second kappa shape index (κ2) is 10.8. The van der Waals surface area contributed by atoms with Crippen LogP contribution in [0.2, 0.25) is 0 Å². The van der Waals surface area contributed by atoms with Gasteiger partial charge in [0.1, 0.15) is 0 Å². The number of rotatable bonds is 7. The van der Waals surface area contributed by atoms with E-state index in [1.165, 1.54) is 43.2 Å². The number of hydrogen-bond donors (Lipinski definition) is 2. The summed E-state index contributed by atoms with van der Waals surface area (Å²) in [5.41, 5.74) is 6.56. The van der Waals surface area contributed by atoms with Gasteiger partial charge < -0.3 is 5.32 Å². The van der Waals surface area contributed by atoms with Gasteiger partial charge in [0.2, 0.25) is 0 Å². The van der Waals surface area contributed by atoms with Crippen LogP contribution in [0.4, 0.5) is 5.69 Å². The minimum absolute atomic E-state index is 0.209. The molecule has 2 saturated heterocycles. The van der Waals surface area contributed by atoms with E-state index in [0.717, 1.165) is 67.0 Å². The molecule has 2 N–H and O–H groups in total. The first-order valence-electron chi connectivity index (χ1n) is 13.5. The van der Waals surface area contributed by atoms with Crippen molar-refractivity contribution in [3.63, 3.8) is 0 Å². The van der Waals surface area contributed by atoms with Crippen LogP contribution in [0.1, 0.15) is 53.7 Å². The van der Waals surface area contributed by atoms with Crippen LogP contribution < -0.4 is 5.32 Å². The molecule has 4 aromatic rings. The number of likely N-dealkylation sites (tertiary alicyclic amines) is 2. The molecule has 2 aromatic carbocycles. The Kier molecular flexibility index (Phi) is 6.97. The van der Waals surface area contributed by atoms with Gasteiger partial charge in [0, 0.05) is 42.1 Å². The molecule has 0 spiro atoms. The van der Waals surface area contributed by atoms with Crippen molar-refractivity contribution in [3.05, 3.63) is 77.7 Å². The predicted octanol–water partition coefficient (Wildman–Crippen LogP) is 5.46. The van der Waals surface area contributed by atoms with Gasteiger partial charge in [-0.1, -0.05) is 24.6 Å². The number of nitrogens with one attached hydrogen (secondary N) is 2. The highest BCUT2D eigenvalue weighted by molar-refractivity contribution is 6.11. The topological polar surface area (TPSA) is 77.1 Å². The average Bonchev–Trinajstić information content (AvgIpc) is 3.59. The minimum atomic E-state index is -0.209. The molecule has 0 unspecified atom stereocenters. The lowest BCUT2D eigenvalue weighted by atomic mass is 10.0. The summed E-state index contributed by atoms with van der Waals surface area (Å²) in [6.45, 7) is 6.46. The molecule has 0 radical (unpaired) electrons. The van der Waals surface area contributed by atoms with Gasteiger partial charge >= 0.3 is 0 Å². The van der Waals surface area contributed by atoms with E-state index < -0.39 is 0 Å². The van der Waals surface area contributed by atoms with E-state index in [4.69, 9.17) is 0 Å². The number of pyridine rings is 1. The molecule has 2 aliphatic heterocycles. The monoisotopic (exact) mass is 494 g/mol. The van der Waals surface area contributed by atoms with Gasteiger partial charge in [-0.05, 0) is 98.9 Å². The molecule has 0 atom stereocenters. The summed E-state index contributed by atoms with van der Waals surface area (Å²) in [7, 11) is 0. The van der Waals surface area contributed by atoms with Crippen LogP contribution in [0.5, 0.6) is 0 Å². The van der Waals surface area contributed by atoms with Crippen LogP contribution >= 0.6 is 0 Å². The Morgan fingerprint density at radius 3 is 2.38 bits per heavy atom. The molecule has 4 heterocycles. The molecule has 7 heteroatoms. The Hall–Kier alpha value is -3.55. The van der Waals surface area contributed by atoms with E-state index in [0.29, 0.717) is 5.69 Å². The summed E-state index contributed by atoms with van der Waals surface area (Å²) < 4.78 is 0. The highest BCUT2D eigenvalue weighted by Gasteiger charge is 2.17. The fourth-order valence-electron chi connectivity index (χ4n) is 5.61. The van der Waals surface area contributed by atoms with Gasteiger partial charge in [0.15, 0.2) is 5.69 Å². The van der Waals surface area contributed by atoms with Crippen molar-refractivity contribution < 1.29 is 4.79 Å². The third-order valence-electron chi connectivity index (χ3n) is 7.55. The van der Waals surface area contributed by atoms with Crippen molar-refractivity contribution in [2.75, 3.05) is 31.5 Å². The molecule has 2 fully saturated rings. The third kappa shape index (κ3) is 5.58. The van der Waals surface area contributed by atoms with Gasteiger partial charge in [0.05, 0.1) is 5.52 Å². The van der Waals surface area contributed by atoms with Gasteiger partial charge in [-0.25, -0.2) is 0 Å². The van der Waals surface area contributed by atoms with Crippen LogP contribution in [0.3, 0.4) is 0 Å². The number of piperidine rings is 1. The van der Waals surface area contributed by atoms with Crippen LogP contribution in [0.25, 0.3) is 22.0 Å². The number of aromatic nitrogens is 3. The van der Waals surface area contributed by atoms with Crippen molar-refractivity contribution in [2.45, 2.75) is 45.2 Å². The third-order valence-corrected chi connectivity index (χ3v) is 7.55. The zero-order valence-corrected chi connectivity index (χ0v) is 21.2. The van der Waals surface area contributed by atoms with Gasteiger partial charge in [-0.2, -0.15) is 5.10 Å². The first kappa shape index (κ1) is 23.8. The Balaban J connectivity index is 1.20. The molecule has 1 amide bonds. The molecular formula is C30H34N6O. The number of carbonyl (C=O) groups is 1. The first-order chi connectivity index (χ1) is 18.2. The van der Waals surface area contributed by atoms with Crippen LogP contribution in [-0.2, 0) is 13.1 Å². The molecule has 190 valence electrons. The number of benzene rings is 2. The average molecular weight is 495 g/mol. The van der Waals surface area contributed by atoms with E-state index in [2.05, 4.69) is 54.6 Å². The molecule has 0 bridgehead atoms. The second-order valence-corrected chi connectivity index (χ2v) is 10.4. The van der Waals surface area contributed by atoms with Crippen molar-refractivity contribution in [2.24, 2.45) is 0 Å². The molecule has 2 aromatic heterocycles. The highest BCUT2D eigenvalue weighted by Crippen LogP contribution is 2.27. The summed E-state index contributed by atoms with van der Waals surface area (Å²) in [5, 5.41) is 11.3. The predicted molar refractivity (Wildman–Crippen MR) is 147 cm³/mol. The van der Waals surface area contributed by atoms with E-state index in [1.54, 1.807) is 0 Å². The molecule has 7 nitrogen and oxygen atoms in total. The zero-order valence-electron chi connectivity index (χ0n) is 21.2. The minimum Gasteiger partial charge on any atom is -0.321 e. The number of aromatic amines is 1. The maximum atomic E-state index is 13.3. The molecule has 6 rings (SSSR count). The van der Waals surface area contributed by atoms with Gasteiger partial charge in [0.25, 0.3) is 5.91 Å². The van der Waals surface area contributed by atoms with Crippen LogP contribution in [-0.4, -0.2) is 57.1 Å². The summed E-state index contributed by atoms with van der Waals surface area (Å²) in [5.74, 6) is -0.209. The Labute approximate surface area is 217 Å². The summed E-state index contributed by atoms with van der Waals surface area (Å²) >= 11 is 0. The van der Waals surface area contributed by atoms with Gasteiger partial charge in [-0.3, -0.25) is 24.7 Å². The summed E-state index contributed by atoms with van der Waals surface area (Å²) in [4.78, 5) is 22.7. The second-order valence-electron chi connectivity index (χ2n) is 10.4. The molecule has 0 aliphatic carbocycles. The van der Waals surface area contributed by atoms with Crippen molar-refractivity contribution >= 4 is 22.5 Å². The molecule has 2 aliphatic rings. The van der Waals surface area contributed by atoms with Crippen LogP contribution in [0, 0.1) is 0 Å². The lowest BCUT2D eigenvalue weighted by Crippen LogP contribution is -2.29.